The Bertz CT molecular complexity index is 678. The molecule has 0 aliphatic carbocycles. The molecule has 2 aromatic rings. The Balaban J connectivity index is 2.18. The number of hydrogen-bond acceptors (Lipinski definition) is 4. The quantitative estimate of drug-likeness (QED) is 0.830. The van der Waals surface area contributed by atoms with E-state index in [9.17, 15) is 9.59 Å². The molecule has 0 radical (unpaired) electrons. The van der Waals surface area contributed by atoms with E-state index in [1.807, 2.05) is 0 Å². The second-order valence-corrected chi connectivity index (χ2v) is 3.88. The lowest BCUT2D eigenvalue weighted by atomic mass is 10.2. The number of aromatic carboxylic acids is 2. The number of carbonyl (C=O) groups is 2. The molecular weight excluding hydrogens is 260 g/mol. The zero-order valence-electron chi connectivity index (χ0n) is 10.2. The molecule has 100 valence electrons. The van der Waals surface area contributed by atoms with Crippen molar-refractivity contribution < 1.29 is 19.8 Å². The number of nitrogens with zero attached hydrogens (tertiary/aromatic N) is 2. The standard InChI is InChI=1S/C14H10N2O4/c17-13(18)9-1-3-11(4-2-9)16-8-12-7-10(14(19)20)5-6-15-12/h1-8H,(H,17,18)(H,19,20). The van der Waals surface area contributed by atoms with Crippen molar-refractivity contribution in [3.63, 3.8) is 0 Å². The van der Waals surface area contributed by atoms with Gasteiger partial charge in [-0.15, -0.1) is 0 Å². The highest BCUT2D eigenvalue weighted by molar-refractivity contribution is 5.90. The SMILES string of the molecule is O=C(O)c1ccc(N=Cc2cc(C(=O)O)ccn2)cc1. The third-order valence-corrected chi connectivity index (χ3v) is 2.49. The molecule has 0 saturated carbocycles. The van der Waals surface area contributed by atoms with Crippen molar-refractivity contribution in [2.75, 3.05) is 0 Å². The van der Waals surface area contributed by atoms with E-state index in [-0.39, 0.29) is 11.1 Å². The van der Waals surface area contributed by atoms with Crippen LogP contribution in [0.3, 0.4) is 0 Å². The van der Waals surface area contributed by atoms with Crippen molar-refractivity contribution in [2.45, 2.75) is 0 Å². The smallest absolute Gasteiger partial charge is 0.335 e. The number of pyridine rings is 1. The summed E-state index contributed by atoms with van der Waals surface area (Å²) in [6.07, 6.45) is 2.81. The fourth-order valence-electron chi connectivity index (χ4n) is 1.48. The first kappa shape index (κ1) is 13.4. The Kier molecular flexibility index (Phi) is 3.85. The van der Waals surface area contributed by atoms with E-state index < -0.39 is 11.9 Å². The molecule has 0 spiro atoms. The summed E-state index contributed by atoms with van der Waals surface area (Å²) < 4.78 is 0. The zero-order valence-corrected chi connectivity index (χ0v) is 10.2. The van der Waals surface area contributed by atoms with Gasteiger partial charge in [-0.3, -0.25) is 9.98 Å². The summed E-state index contributed by atoms with van der Waals surface area (Å²) >= 11 is 0. The van der Waals surface area contributed by atoms with Crippen molar-refractivity contribution in [1.82, 2.24) is 4.98 Å². The van der Waals surface area contributed by atoms with E-state index >= 15 is 0 Å². The average molecular weight is 270 g/mol. The Morgan fingerprint density at radius 1 is 1.00 bits per heavy atom. The van der Waals surface area contributed by atoms with Gasteiger partial charge >= 0.3 is 11.9 Å². The van der Waals surface area contributed by atoms with E-state index in [1.54, 1.807) is 12.1 Å². The minimum atomic E-state index is -1.03. The van der Waals surface area contributed by atoms with E-state index in [4.69, 9.17) is 10.2 Å². The van der Waals surface area contributed by atoms with Crippen LogP contribution in [0, 0.1) is 0 Å². The number of hydrogen-bond donors (Lipinski definition) is 2. The van der Waals surface area contributed by atoms with Gasteiger partial charge in [-0.05, 0) is 36.4 Å². The van der Waals surface area contributed by atoms with Crippen molar-refractivity contribution in [1.29, 1.82) is 0 Å². The third-order valence-electron chi connectivity index (χ3n) is 2.49. The summed E-state index contributed by atoms with van der Waals surface area (Å²) in [6, 6.07) is 8.78. The van der Waals surface area contributed by atoms with E-state index in [0.717, 1.165) is 0 Å². The number of carboxylic acids is 2. The number of benzene rings is 1. The molecular formula is C14H10N2O4. The summed E-state index contributed by atoms with van der Waals surface area (Å²) in [5.41, 5.74) is 1.27. The highest BCUT2D eigenvalue weighted by atomic mass is 16.4. The van der Waals surface area contributed by atoms with Gasteiger partial charge in [-0.25, -0.2) is 9.59 Å². The van der Waals surface area contributed by atoms with Gasteiger partial charge in [0, 0.05) is 6.20 Å². The summed E-state index contributed by atoms with van der Waals surface area (Å²) in [5.74, 6) is -2.04. The molecule has 20 heavy (non-hydrogen) atoms. The third kappa shape index (κ3) is 3.26. The maximum atomic E-state index is 10.8. The molecule has 6 heteroatoms. The maximum absolute atomic E-state index is 10.8. The fraction of sp³-hybridized carbons (Fsp3) is 0. The number of aliphatic imine (C=N–C) groups is 1. The summed E-state index contributed by atoms with van der Waals surface area (Å²) in [5, 5.41) is 17.6. The largest absolute Gasteiger partial charge is 0.478 e. The minimum Gasteiger partial charge on any atom is -0.478 e. The lowest BCUT2D eigenvalue weighted by molar-refractivity contribution is 0.0686. The van der Waals surface area contributed by atoms with E-state index in [1.165, 1.54) is 36.7 Å². The predicted molar refractivity (Wildman–Crippen MR) is 71.9 cm³/mol. The van der Waals surface area contributed by atoms with E-state index in [2.05, 4.69) is 9.98 Å². The minimum absolute atomic E-state index is 0.127. The summed E-state index contributed by atoms with van der Waals surface area (Å²) in [6.45, 7) is 0. The molecule has 0 unspecified atom stereocenters. The molecule has 0 aliphatic rings. The molecule has 1 heterocycles. The van der Waals surface area contributed by atoms with Gasteiger partial charge < -0.3 is 10.2 Å². The van der Waals surface area contributed by atoms with Crippen LogP contribution in [-0.2, 0) is 0 Å². The van der Waals surface area contributed by atoms with Gasteiger partial charge in [-0.2, -0.15) is 0 Å². The first-order chi connectivity index (χ1) is 9.56. The average Bonchev–Trinajstić information content (AvgIpc) is 2.46. The molecule has 1 aromatic heterocycles. The molecule has 0 saturated heterocycles. The van der Waals surface area contributed by atoms with E-state index in [0.29, 0.717) is 11.4 Å². The fourth-order valence-corrected chi connectivity index (χ4v) is 1.48. The van der Waals surface area contributed by atoms with Crippen LogP contribution in [0.25, 0.3) is 0 Å². The number of aromatic nitrogens is 1. The van der Waals surface area contributed by atoms with Crippen LogP contribution in [0.4, 0.5) is 5.69 Å². The van der Waals surface area contributed by atoms with Gasteiger partial charge in [0.1, 0.15) is 0 Å². The molecule has 0 atom stereocenters. The molecule has 2 N–H and O–H groups in total. The molecule has 0 bridgehead atoms. The van der Waals surface area contributed by atoms with Gasteiger partial charge in [0.05, 0.1) is 28.7 Å². The highest BCUT2D eigenvalue weighted by Gasteiger charge is 2.03. The second kappa shape index (κ2) is 5.75. The van der Waals surface area contributed by atoms with Gasteiger partial charge in [0.25, 0.3) is 0 Å². The van der Waals surface area contributed by atoms with Crippen LogP contribution in [0.15, 0.2) is 47.6 Å². The topological polar surface area (TPSA) is 99.8 Å². The number of rotatable bonds is 4. The monoisotopic (exact) mass is 270 g/mol. The molecule has 2 rings (SSSR count). The first-order valence-corrected chi connectivity index (χ1v) is 5.63. The lowest BCUT2D eigenvalue weighted by Gasteiger charge is -1.97. The Morgan fingerprint density at radius 2 is 1.65 bits per heavy atom. The molecule has 1 aromatic carbocycles. The Hall–Kier alpha value is -3.02. The first-order valence-electron chi connectivity index (χ1n) is 5.63. The molecule has 0 fully saturated rings. The molecule has 6 nitrogen and oxygen atoms in total. The lowest BCUT2D eigenvalue weighted by Crippen LogP contribution is -1.98. The van der Waals surface area contributed by atoms with Crippen LogP contribution >= 0.6 is 0 Å². The maximum Gasteiger partial charge on any atom is 0.335 e. The van der Waals surface area contributed by atoms with Crippen molar-refractivity contribution in [3.05, 3.63) is 59.4 Å². The molecule has 0 aliphatic heterocycles. The van der Waals surface area contributed by atoms with Crippen molar-refractivity contribution in [3.8, 4) is 0 Å². The number of carboxylic acid groups (broad SMARTS) is 2. The Labute approximate surface area is 114 Å². The second-order valence-electron chi connectivity index (χ2n) is 3.88. The molecule has 0 amide bonds. The Morgan fingerprint density at radius 3 is 2.25 bits per heavy atom. The summed E-state index contributed by atoms with van der Waals surface area (Å²) in [4.78, 5) is 29.6. The summed E-state index contributed by atoms with van der Waals surface area (Å²) in [7, 11) is 0. The normalized spacial score (nSPS) is 10.6. The van der Waals surface area contributed by atoms with Gasteiger partial charge in [-0.1, -0.05) is 0 Å². The van der Waals surface area contributed by atoms with Crippen LogP contribution < -0.4 is 0 Å². The van der Waals surface area contributed by atoms with Crippen LogP contribution in [-0.4, -0.2) is 33.4 Å². The van der Waals surface area contributed by atoms with Crippen molar-refractivity contribution in [2.24, 2.45) is 4.99 Å². The van der Waals surface area contributed by atoms with Gasteiger partial charge in [0.2, 0.25) is 0 Å². The van der Waals surface area contributed by atoms with Gasteiger partial charge in [0.15, 0.2) is 0 Å². The zero-order chi connectivity index (χ0) is 14.5. The van der Waals surface area contributed by atoms with Crippen LogP contribution in [0.5, 0.6) is 0 Å². The highest BCUT2D eigenvalue weighted by Crippen LogP contribution is 2.13. The van der Waals surface area contributed by atoms with Crippen LogP contribution in [0.1, 0.15) is 26.4 Å². The predicted octanol–water partition coefficient (Wildman–Crippen LogP) is 2.23. The van der Waals surface area contributed by atoms with Crippen molar-refractivity contribution >= 4 is 23.8 Å². The van der Waals surface area contributed by atoms with Crippen LogP contribution in [0.2, 0.25) is 0 Å².